The number of sulfone groups is 1. The highest BCUT2D eigenvalue weighted by molar-refractivity contribution is 7.91. The van der Waals surface area contributed by atoms with Gasteiger partial charge in [-0.2, -0.15) is 0 Å². The normalized spacial score (nSPS) is 22.5. The number of benzene rings is 3. The molecule has 2 unspecified atom stereocenters. The van der Waals surface area contributed by atoms with Crippen molar-refractivity contribution in [2.45, 2.75) is 99.1 Å². The van der Waals surface area contributed by atoms with Crippen LogP contribution in [0.25, 0.3) is 33.4 Å². The molecule has 0 aliphatic carbocycles. The van der Waals surface area contributed by atoms with Gasteiger partial charge in [0.2, 0.25) is 5.91 Å². The van der Waals surface area contributed by atoms with Crippen LogP contribution >= 0.6 is 0 Å². The maximum Gasteiger partial charge on any atom is 0.410 e. The number of amides is 2. The predicted octanol–water partition coefficient (Wildman–Crippen LogP) is 7.39. The molecule has 12 nitrogen and oxygen atoms in total. The SMILES string of the molecule is CN1C(=O)C2(CC3CCC(C2)N3C(=O)OC(C)(C)C)c2c1cnc1c2c(-c2ccccc2)c(-c2ccc(CN3CCC(S(C)(=O)=O)CC3)cc2)n1S(=O)(=O)c1ccccc1. The third-order valence-electron chi connectivity index (χ3n) is 13.0. The number of anilines is 1. The van der Waals surface area contributed by atoms with Crippen molar-refractivity contribution in [3.8, 4) is 22.4 Å². The molecular weight excluding hydrogens is 799 g/mol. The van der Waals surface area contributed by atoms with Crippen molar-refractivity contribution < 1.29 is 31.2 Å². The lowest BCUT2D eigenvalue weighted by Crippen LogP contribution is -2.55. The number of pyridine rings is 1. The summed E-state index contributed by atoms with van der Waals surface area (Å²) in [4.78, 5) is 39.4. The highest BCUT2D eigenvalue weighted by Crippen LogP contribution is 2.58. The van der Waals surface area contributed by atoms with E-state index in [0.717, 1.165) is 29.5 Å². The van der Waals surface area contributed by atoms with Crippen molar-refractivity contribution in [1.29, 1.82) is 0 Å². The summed E-state index contributed by atoms with van der Waals surface area (Å²) in [5, 5.41) is 0.284. The van der Waals surface area contributed by atoms with E-state index in [1.54, 1.807) is 48.5 Å². The van der Waals surface area contributed by atoms with Gasteiger partial charge in [0, 0.05) is 48.4 Å². The summed E-state index contributed by atoms with van der Waals surface area (Å²) in [6.07, 6.45) is 5.95. The van der Waals surface area contributed by atoms with Gasteiger partial charge in [-0.25, -0.2) is 30.6 Å². The number of piperidine rings is 2. The van der Waals surface area contributed by atoms with Crippen molar-refractivity contribution in [2.75, 3.05) is 31.3 Å². The Morgan fingerprint density at radius 1 is 0.833 bits per heavy atom. The molecule has 2 atom stereocenters. The van der Waals surface area contributed by atoms with Crippen LogP contribution in [-0.4, -0.2) is 96.9 Å². The van der Waals surface area contributed by atoms with Gasteiger partial charge in [-0.15, -0.1) is 0 Å². The van der Waals surface area contributed by atoms with Crippen LogP contribution in [0.15, 0.2) is 96.0 Å². The molecule has 314 valence electrons. The van der Waals surface area contributed by atoms with Crippen LogP contribution < -0.4 is 4.90 Å². The molecule has 3 fully saturated rings. The second-order valence-corrected chi connectivity index (χ2v) is 22.1. The van der Waals surface area contributed by atoms with Gasteiger partial charge in [0.25, 0.3) is 10.0 Å². The number of ether oxygens (including phenoxy) is 1. The molecular formula is C46H51N5O7S2. The maximum absolute atomic E-state index is 15.2. The van der Waals surface area contributed by atoms with E-state index < -0.39 is 30.9 Å². The molecule has 4 aliphatic rings. The Bertz CT molecular complexity index is 2710. The number of carbonyl (C=O) groups is 2. The van der Waals surface area contributed by atoms with Crippen molar-refractivity contribution >= 4 is 48.6 Å². The molecule has 14 heteroatoms. The van der Waals surface area contributed by atoms with Gasteiger partial charge >= 0.3 is 6.09 Å². The Morgan fingerprint density at radius 3 is 2.02 bits per heavy atom. The van der Waals surface area contributed by atoms with Crippen LogP contribution in [0, 0.1) is 0 Å². The Balaban J connectivity index is 1.24. The lowest BCUT2D eigenvalue weighted by atomic mass is 9.69. The molecule has 2 amide bonds. The van der Waals surface area contributed by atoms with E-state index in [-0.39, 0.29) is 39.9 Å². The van der Waals surface area contributed by atoms with E-state index in [4.69, 9.17) is 9.72 Å². The summed E-state index contributed by atoms with van der Waals surface area (Å²) in [6, 6.07) is 25.5. The van der Waals surface area contributed by atoms with Gasteiger partial charge in [-0.05, 0) is 101 Å². The van der Waals surface area contributed by atoms with Gasteiger partial charge in [-0.1, -0.05) is 72.8 Å². The maximum atomic E-state index is 15.2. The zero-order valence-electron chi connectivity index (χ0n) is 34.7. The number of likely N-dealkylation sites (N-methyl/N-ethyl adjacent to an activating group) is 1. The number of likely N-dealkylation sites (tertiary alicyclic amines) is 1. The van der Waals surface area contributed by atoms with E-state index in [0.29, 0.717) is 73.2 Å². The van der Waals surface area contributed by atoms with Gasteiger partial charge in [0.15, 0.2) is 5.65 Å². The molecule has 60 heavy (non-hydrogen) atoms. The van der Waals surface area contributed by atoms with Crippen LogP contribution in [0.1, 0.15) is 70.4 Å². The highest BCUT2D eigenvalue weighted by atomic mass is 32.2. The largest absolute Gasteiger partial charge is 0.444 e. The zero-order chi connectivity index (χ0) is 42.4. The van der Waals surface area contributed by atoms with Crippen molar-refractivity contribution in [3.05, 3.63) is 102 Å². The van der Waals surface area contributed by atoms with E-state index in [9.17, 15) is 18.0 Å². The number of fused-ring (bicyclic) bond motifs is 6. The molecule has 6 heterocycles. The molecule has 5 aromatic rings. The first-order chi connectivity index (χ1) is 28.5. The summed E-state index contributed by atoms with van der Waals surface area (Å²) in [7, 11) is -5.62. The highest BCUT2D eigenvalue weighted by Gasteiger charge is 2.60. The fraction of sp³-hybridized carbons (Fsp3) is 0.413. The summed E-state index contributed by atoms with van der Waals surface area (Å²) >= 11 is 0. The van der Waals surface area contributed by atoms with Crippen molar-refractivity contribution in [2.24, 2.45) is 0 Å². The van der Waals surface area contributed by atoms with Gasteiger partial charge in [-0.3, -0.25) is 9.69 Å². The number of hydrogen-bond donors (Lipinski definition) is 0. The Kier molecular flexibility index (Phi) is 9.79. The first kappa shape index (κ1) is 40.4. The number of nitrogens with zero attached hydrogens (tertiary/aromatic N) is 5. The molecule has 3 saturated heterocycles. The Morgan fingerprint density at radius 2 is 1.43 bits per heavy atom. The molecule has 2 bridgehead atoms. The molecule has 0 radical (unpaired) electrons. The standard InChI is InChI=1S/C46H51N5O7S2/c1-45(2,3)58-44(53)50-33-20-21-34(50)27-46(26-33)40-37(48(4)43(46)52)28-47-42-39(40)38(31-12-8-6-9-13-31)41(51(42)60(56,57)36-14-10-7-11-15-36)32-18-16-30(17-19-32)29-49-24-22-35(23-25-49)59(5,54)55/h6-19,28,33-35H,20-27,29H2,1-5H3. The quantitative estimate of drug-likeness (QED) is 0.164. The van der Waals surface area contributed by atoms with E-state index >= 15 is 8.42 Å². The Hall–Kier alpha value is -5.05. The second kappa shape index (κ2) is 14.6. The topological polar surface area (TPSA) is 139 Å². The molecule has 0 N–H and O–H groups in total. The summed E-state index contributed by atoms with van der Waals surface area (Å²) in [5.41, 5.74) is 3.43. The van der Waals surface area contributed by atoms with E-state index in [2.05, 4.69) is 4.90 Å². The van der Waals surface area contributed by atoms with E-state index in [1.165, 1.54) is 10.2 Å². The van der Waals surface area contributed by atoms with Crippen molar-refractivity contribution in [1.82, 2.24) is 18.8 Å². The molecule has 3 aromatic carbocycles. The summed E-state index contributed by atoms with van der Waals surface area (Å²) in [6.45, 7) is 7.52. The Labute approximate surface area is 352 Å². The third kappa shape index (κ3) is 6.71. The smallest absolute Gasteiger partial charge is 0.410 e. The van der Waals surface area contributed by atoms with Gasteiger partial charge in [0.05, 0.1) is 33.1 Å². The third-order valence-corrected chi connectivity index (χ3v) is 16.4. The van der Waals surface area contributed by atoms with E-state index in [1.807, 2.05) is 80.3 Å². The number of aromatic nitrogens is 2. The monoisotopic (exact) mass is 849 g/mol. The molecule has 4 aliphatic heterocycles. The van der Waals surface area contributed by atoms with Crippen LogP contribution in [-0.2, 0) is 41.4 Å². The lowest BCUT2D eigenvalue weighted by molar-refractivity contribution is -0.125. The molecule has 0 saturated carbocycles. The molecule has 1 spiro atoms. The first-order valence-corrected chi connectivity index (χ1v) is 24.1. The minimum Gasteiger partial charge on any atom is -0.444 e. The molecule has 9 rings (SSSR count). The first-order valence-electron chi connectivity index (χ1n) is 20.7. The summed E-state index contributed by atoms with van der Waals surface area (Å²) < 4.78 is 62.0. The van der Waals surface area contributed by atoms with Crippen LogP contribution in [0.5, 0.6) is 0 Å². The number of carbonyl (C=O) groups excluding carboxylic acids is 2. The predicted molar refractivity (Wildman–Crippen MR) is 232 cm³/mol. The minimum atomic E-state index is -4.29. The minimum absolute atomic E-state index is 0.0864. The van der Waals surface area contributed by atoms with Crippen LogP contribution in [0.3, 0.4) is 0 Å². The van der Waals surface area contributed by atoms with Crippen LogP contribution in [0.2, 0.25) is 0 Å². The average Bonchev–Trinajstić information content (AvgIpc) is 3.78. The fourth-order valence-corrected chi connectivity index (χ4v) is 12.9. The van der Waals surface area contributed by atoms with Gasteiger partial charge < -0.3 is 14.5 Å². The number of rotatable bonds is 7. The van der Waals surface area contributed by atoms with Crippen LogP contribution in [0.4, 0.5) is 10.5 Å². The fourth-order valence-electron chi connectivity index (χ4n) is 10.3. The number of hydrogen-bond acceptors (Lipinski definition) is 9. The summed E-state index contributed by atoms with van der Waals surface area (Å²) in [5.74, 6) is -0.0864. The van der Waals surface area contributed by atoms with Gasteiger partial charge in [0.1, 0.15) is 15.4 Å². The average molecular weight is 850 g/mol. The molecule has 2 aromatic heterocycles. The second-order valence-electron chi connectivity index (χ2n) is 18.0. The zero-order valence-corrected chi connectivity index (χ0v) is 36.3. The lowest BCUT2D eigenvalue weighted by Gasteiger charge is -2.44. The van der Waals surface area contributed by atoms with Crippen molar-refractivity contribution in [3.63, 3.8) is 0 Å².